The highest BCUT2D eigenvalue weighted by molar-refractivity contribution is 7.90. The quantitative estimate of drug-likeness (QED) is 0.359. The van der Waals surface area contributed by atoms with Gasteiger partial charge in [0.25, 0.3) is 10.0 Å². The average Bonchev–Trinajstić information content (AvgIpc) is 3.57. The lowest BCUT2D eigenvalue weighted by Gasteiger charge is -2.26. The number of hydrogen-bond acceptors (Lipinski definition) is 5. The molecule has 2 atom stereocenters. The van der Waals surface area contributed by atoms with Gasteiger partial charge in [-0.05, 0) is 53.9 Å². The first-order valence-electron chi connectivity index (χ1n) is 12.1. The molecule has 2 aliphatic heterocycles. The molecule has 0 bridgehead atoms. The van der Waals surface area contributed by atoms with Crippen LogP contribution < -0.4 is 5.14 Å². The van der Waals surface area contributed by atoms with Crippen molar-refractivity contribution in [2.45, 2.75) is 22.5 Å². The molecule has 5 rings (SSSR count). The number of hydrazone groups is 1. The topological polar surface area (TPSA) is 126 Å². The summed E-state index contributed by atoms with van der Waals surface area (Å²) in [5.41, 5.74) is 2.18. The van der Waals surface area contributed by atoms with Crippen LogP contribution in [0.4, 0.5) is 4.39 Å². The summed E-state index contributed by atoms with van der Waals surface area (Å²) in [6, 6.07) is 21.0. The molecule has 1 saturated heterocycles. The van der Waals surface area contributed by atoms with Gasteiger partial charge in [-0.25, -0.2) is 23.0 Å². The number of nitrogens with zero attached hydrogens (tertiary/aromatic N) is 4. The molecule has 0 aliphatic carbocycles. The molecule has 0 aromatic heterocycles. The number of halogens is 2. The summed E-state index contributed by atoms with van der Waals surface area (Å²) >= 11 is 5.93. The van der Waals surface area contributed by atoms with E-state index < -0.39 is 31.1 Å². The van der Waals surface area contributed by atoms with Crippen molar-refractivity contribution >= 4 is 43.3 Å². The molecular formula is C26H25ClFN5O4S2. The van der Waals surface area contributed by atoms with Gasteiger partial charge in [-0.1, -0.05) is 54.1 Å². The Labute approximate surface area is 231 Å². The van der Waals surface area contributed by atoms with Crippen LogP contribution in [0.25, 0.3) is 0 Å². The number of guanidine groups is 1. The van der Waals surface area contributed by atoms with Crippen LogP contribution in [0.2, 0.25) is 5.02 Å². The molecule has 13 heteroatoms. The van der Waals surface area contributed by atoms with Crippen molar-refractivity contribution in [3.8, 4) is 0 Å². The number of hydrogen-bond donors (Lipinski definition) is 1. The number of rotatable bonds is 5. The Morgan fingerprint density at radius 3 is 2.23 bits per heavy atom. The Balaban J connectivity index is 1.60. The van der Waals surface area contributed by atoms with Crippen molar-refractivity contribution in [3.05, 3.63) is 101 Å². The maximum Gasteiger partial charge on any atom is 0.285 e. The third-order valence-electron chi connectivity index (χ3n) is 6.69. The highest BCUT2D eigenvalue weighted by Gasteiger charge is 2.39. The predicted molar refractivity (Wildman–Crippen MR) is 148 cm³/mol. The van der Waals surface area contributed by atoms with Crippen LogP contribution in [0.3, 0.4) is 0 Å². The maximum atomic E-state index is 13.7. The number of nitrogens with two attached hydrogens (primary N) is 1. The van der Waals surface area contributed by atoms with Gasteiger partial charge >= 0.3 is 0 Å². The molecule has 204 valence electrons. The Hall–Kier alpha value is -3.32. The van der Waals surface area contributed by atoms with Crippen LogP contribution in [-0.4, -0.2) is 63.3 Å². The molecule has 2 aliphatic rings. The van der Waals surface area contributed by atoms with E-state index in [4.69, 9.17) is 21.8 Å². The van der Waals surface area contributed by atoms with E-state index in [-0.39, 0.29) is 42.8 Å². The summed E-state index contributed by atoms with van der Waals surface area (Å²) < 4.78 is 68.7. The highest BCUT2D eigenvalue weighted by Crippen LogP contribution is 2.31. The van der Waals surface area contributed by atoms with Crippen molar-refractivity contribution in [2.75, 3.05) is 19.6 Å². The predicted octanol–water partition coefficient (Wildman–Crippen LogP) is 3.39. The van der Waals surface area contributed by atoms with E-state index in [0.717, 1.165) is 5.56 Å². The smallest absolute Gasteiger partial charge is 0.285 e. The van der Waals surface area contributed by atoms with E-state index in [1.807, 2.05) is 30.3 Å². The first-order chi connectivity index (χ1) is 18.5. The summed E-state index contributed by atoms with van der Waals surface area (Å²) in [7, 11) is -8.08. The molecule has 0 radical (unpaired) electrons. The fourth-order valence-corrected chi connectivity index (χ4v) is 6.63. The molecule has 0 amide bonds. The zero-order chi connectivity index (χ0) is 27.8. The van der Waals surface area contributed by atoms with Gasteiger partial charge in [-0.15, -0.1) is 4.40 Å². The van der Waals surface area contributed by atoms with Crippen LogP contribution in [0, 0.1) is 5.82 Å². The van der Waals surface area contributed by atoms with E-state index in [1.165, 1.54) is 41.4 Å². The second kappa shape index (κ2) is 10.7. The van der Waals surface area contributed by atoms with Gasteiger partial charge in [0.15, 0.2) is 0 Å². The zero-order valence-electron chi connectivity index (χ0n) is 20.6. The van der Waals surface area contributed by atoms with Gasteiger partial charge < -0.3 is 4.90 Å². The Morgan fingerprint density at radius 1 is 0.949 bits per heavy atom. The SMILES string of the molecule is NS(=O)(=O)[C@@H]1CCN(C(=NS(=O)(=O)c2ccc(Cl)cc2)N2C[C@H](c3ccccc3)C(c3ccc(F)cc3)=N2)C1. The molecule has 2 heterocycles. The average molecular weight is 590 g/mol. The largest absolute Gasteiger partial charge is 0.339 e. The number of benzene rings is 3. The standard InChI is InChI=1S/C26H25ClFN5O4S2/c27-20-8-12-22(13-9-20)39(36,37)31-26(32-15-14-23(16-32)38(29,34)35)33-17-24(18-4-2-1-3-5-18)25(30-33)19-6-10-21(28)11-7-19/h1-13,23-24H,14-17H2,(H2,29,34,35)/t23-,24-/m1/s1. The van der Waals surface area contributed by atoms with Gasteiger partial charge in [0.2, 0.25) is 16.0 Å². The first-order valence-corrected chi connectivity index (χ1v) is 15.5. The van der Waals surface area contributed by atoms with E-state index in [2.05, 4.69) is 4.40 Å². The lowest BCUT2D eigenvalue weighted by atomic mass is 9.91. The lowest BCUT2D eigenvalue weighted by Crippen LogP contribution is -2.42. The third-order valence-corrected chi connectivity index (χ3v) is 9.53. The first kappa shape index (κ1) is 27.3. The molecular weight excluding hydrogens is 565 g/mol. The molecule has 0 saturated carbocycles. The normalized spacial score (nSPS) is 20.4. The minimum absolute atomic E-state index is 0.0193. The summed E-state index contributed by atoms with van der Waals surface area (Å²) in [5.74, 6) is -0.709. The van der Waals surface area contributed by atoms with Crippen LogP contribution in [0.1, 0.15) is 23.5 Å². The van der Waals surface area contributed by atoms with Crippen molar-refractivity contribution in [1.29, 1.82) is 0 Å². The number of primary sulfonamides is 1. The summed E-state index contributed by atoms with van der Waals surface area (Å²) in [4.78, 5) is 1.50. The fourth-order valence-electron chi connectivity index (χ4n) is 4.67. The number of likely N-dealkylation sites (tertiary alicyclic amines) is 1. The monoisotopic (exact) mass is 589 g/mol. The van der Waals surface area contributed by atoms with E-state index in [0.29, 0.717) is 16.3 Å². The van der Waals surface area contributed by atoms with E-state index >= 15 is 0 Å². The second-order valence-corrected chi connectivity index (χ2v) is 13.2. The minimum Gasteiger partial charge on any atom is -0.339 e. The molecule has 2 N–H and O–H groups in total. The van der Waals surface area contributed by atoms with Crippen molar-refractivity contribution in [1.82, 2.24) is 9.91 Å². The van der Waals surface area contributed by atoms with E-state index in [1.54, 1.807) is 17.0 Å². The summed E-state index contributed by atoms with van der Waals surface area (Å²) in [6.07, 6.45) is 0.212. The van der Waals surface area contributed by atoms with Gasteiger partial charge in [-0.3, -0.25) is 0 Å². The third kappa shape index (κ3) is 5.98. The highest BCUT2D eigenvalue weighted by atomic mass is 35.5. The van der Waals surface area contributed by atoms with Crippen LogP contribution in [0.15, 0.2) is 93.3 Å². The Bertz CT molecular complexity index is 1630. The Kier molecular flexibility index (Phi) is 7.47. The molecule has 0 spiro atoms. The van der Waals surface area contributed by atoms with Crippen LogP contribution in [0.5, 0.6) is 0 Å². The molecule has 1 fully saturated rings. The van der Waals surface area contributed by atoms with Crippen molar-refractivity contribution < 1.29 is 21.2 Å². The fraction of sp³-hybridized carbons (Fsp3) is 0.231. The maximum absolute atomic E-state index is 13.7. The number of sulfonamides is 2. The van der Waals surface area contributed by atoms with Crippen LogP contribution in [-0.2, 0) is 20.0 Å². The van der Waals surface area contributed by atoms with Gasteiger partial charge in [-0.2, -0.15) is 13.5 Å². The second-order valence-electron chi connectivity index (χ2n) is 9.30. The van der Waals surface area contributed by atoms with Crippen molar-refractivity contribution in [3.63, 3.8) is 0 Å². The molecule has 39 heavy (non-hydrogen) atoms. The van der Waals surface area contributed by atoms with Gasteiger partial charge in [0.1, 0.15) is 5.82 Å². The molecule has 0 unspecified atom stereocenters. The zero-order valence-corrected chi connectivity index (χ0v) is 22.9. The van der Waals surface area contributed by atoms with Gasteiger partial charge in [0, 0.05) is 24.0 Å². The Morgan fingerprint density at radius 2 is 1.62 bits per heavy atom. The summed E-state index contributed by atoms with van der Waals surface area (Å²) in [6.45, 7) is 0.397. The molecule has 3 aromatic carbocycles. The lowest BCUT2D eigenvalue weighted by molar-refractivity contribution is 0.376. The summed E-state index contributed by atoms with van der Waals surface area (Å²) in [5, 5.41) is 11.1. The van der Waals surface area contributed by atoms with Crippen molar-refractivity contribution in [2.24, 2.45) is 14.6 Å². The molecule has 9 nitrogen and oxygen atoms in total. The van der Waals surface area contributed by atoms with Gasteiger partial charge in [0.05, 0.1) is 22.4 Å². The minimum atomic E-state index is -4.23. The molecule has 3 aromatic rings. The van der Waals surface area contributed by atoms with Crippen LogP contribution >= 0.6 is 11.6 Å². The van der Waals surface area contributed by atoms with E-state index in [9.17, 15) is 21.2 Å².